The zero-order chi connectivity index (χ0) is 17.8. The van der Waals surface area contributed by atoms with Crippen LogP contribution in [0.3, 0.4) is 0 Å². The predicted molar refractivity (Wildman–Crippen MR) is 92.4 cm³/mol. The molecular formula is C18H20N4O3. The van der Waals surface area contributed by atoms with Crippen molar-refractivity contribution in [2.75, 3.05) is 13.1 Å². The lowest BCUT2D eigenvalue weighted by molar-refractivity contribution is 0.0691. The number of piperidine rings is 1. The van der Waals surface area contributed by atoms with E-state index in [9.17, 15) is 14.4 Å². The number of nitrogens with one attached hydrogen (secondary N) is 2. The van der Waals surface area contributed by atoms with Gasteiger partial charge in [-0.1, -0.05) is 17.7 Å². The fourth-order valence-corrected chi connectivity index (χ4v) is 2.91. The molecule has 2 N–H and O–H groups in total. The van der Waals surface area contributed by atoms with E-state index in [-0.39, 0.29) is 29.1 Å². The zero-order valence-corrected chi connectivity index (χ0v) is 14.0. The second-order valence-electron chi connectivity index (χ2n) is 6.22. The Bertz CT molecular complexity index is 818. The van der Waals surface area contributed by atoms with Gasteiger partial charge in [-0.15, -0.1) is 0 Å². The SMILES string of the molecule is Cc1cccc(C(=O)NC2CCN(C(=O)c3ccc(=O)[nH]n3)CC2)c1. The molecule has 7 heteroatoms. The first kappa shape index (κ1) is 16.9. The summed E-state index contributed by atoms with van der Waals surface area (Å²) >= 11 is 0. The van der Waals surface area contributed by atoms with E-state index in [0.717, 1.165) is 5.56 Å². The molecule has 3 rings (SSSR count). The Morgan fingerprint density at radius 3 is 2.60 bits per heavy atom. The van der Waals surface area contributed by atoms with Crippen LogP contribution in [0.1, 0.15) is 39.3 Å². The zero-order valence-electron chi connectivity index (χ0n) is 14.0. The number of hydrogen-bond acceptors (Lipinski definition) is 4. The van der Waals surface area contributed by atoms with Gasteiger partial charge in [-0.3, -0.25) is 14.4 Å². The third-order valence-electron chi connectivity index (χ3n) is 4.30. The van der Waals surface area contributed by atoms with Crippen LogP contribution in [-0.4, -0.2) is 46.0 Å². The number of amides is 2. The van der Waals surface area contributed by atoms with Gasteiger partial charge in [0.1, 0.15) is 5.69 Å². The summed E-state index contributed by atoms with van der Waals surface area (Å²) in [4.78, 5) is 37.4. The largest absolute Gasteiger partial charge is 0.349 e. The average molecular weight is 340 g/mol. The number of carbonyl (C=O) groups is 2. The first-order valence-corrected chi connectivity index (χ1v) is 8.25. The van der Waals surface area contributed by atoms with Crippen molar-refractivity contribution in [3.05, 3.63) is 63.6 Å². The Hall–Kier alpha value is -2.96. The number of hydrogen-bond donors (Lipinski definition) is 2. The van der Waals surface area contributed by atoms with Crippen molar-refractivity contribution in [2.24, 2.45) is 0 Å². The normalized spacial score (nSPS) is 15.0. The molecule has 2 heterocycles. The number of carbonyl (C=O) groups excluding carboxylic acids is 2. The Balaban J connectivity index is 1.55. The Morgan fingerprint density at radius 2 is 1.96 bits per heavy atom. The second-order valence-corrected chi connectivity index (χ2v) is 6.22. The number of rotatable bonds is 3. The molecule has 0 spiro atoms. The molecule has 1 aliphatic heterocycles. The fourth-order valence-electron chi connectivity index (χ4n) is 2.91. The number of nitrogens with zero attached hydrogens (tertiary/aromatic N) is 2. The molecule has 1 saturated heterocycles. The van der Waals surface area contributed by atoms with Crippen molar-refractivity contribution >= 4 is 11.8 Å². The van der Waals surface area contributed by atoms with E-state index in [1.165, 1.54) is 12.1 Å². The number of aryl methyl sites for hydroxylation is 1. The van der Waals surface area contributed by atoms with Crippen molar-refractivity contribution in [1.82, 2.24) is 20.4 Å². The predicted octanol–water partition coefficient (Wildman–Crippen LogP) is 1.11. The van der Waals surface area contributed by atoms with E-state index in [4.69, 9.17) is 0 Å². The maximum absolute atomic E-state index is 12.4. The van der Waals surface area contributed by atoms with Gasteiger partial charge in [0.05, 0.1) is 0 Å². The van der Waals surface area contributed by atoms with Gasteiger partial charge in [-0.2, -0.15) is 5.10 Å². The molecule has 2 aromatic rings. The summed E-state index contributed by atoms with van der Waals surface area (Å²) in [5.41, 5.74) is 1.58. The number of H-pyrrole nitrogens is 1. The second kappa shape index (κ2) is 7.29. The van der Waals surface area contributed by atoms with Gasteiger partial charge in [0.25, 0.3) is 17.4 Å². The van der Waals surface area contributed by atoms with Gasteiger partial charge in [0.2, 0.25) is 0 Å². The van der Waals surface area contributed by atoms with Gasteiger partial charge in [-0.05, 0) is 38.0 Å². The van der Waals surface area contributed by atoms with Gasteiger partial charge in [0, 0.05) is 30.8 Å². The van der Waals surface area contributed by atoms with Crippen LogP contribution in [0.4, 0.5) is 0 Å². The number of likely N-dealkylation sites (tertiary alicyclic amines) is 1. The highest BCUT2D eigenvalue weighted by molar-refractivity contribution is 5.94. The van der Waals surface area contributed by atoms with Crippen LogP contribution in [0.5, 0.6) is 0 Å². The maximum atomic E-state index is 12.4. The quantitative estimate of drug-likeness (QED) is 0.875. The molecule has 130 valence electrons. The molecule has 0 radical (unpaired) electrons. The summed E-state index contributed by atoms with van der Waals surface area (Å²) in [6.45, 7) is 3.03. The van der Waals surface area contributed by atoms with Crippen LogP contribution < -0.4 is 10.9 Å². The third-order valence-corrected chi connectivity index (χ3v) is 4.30. The molecule has 0 unspecified atom stereocenters. The molecule has 0 saturated carbocycles. The Kier molecular flexibility index (Phi) is 4.92. The first-order valence-electron chi connectivity index (χ1n) is 8.25. The third kappa shape index (κ3) is 4.12. The molecule has 2 amide bonds. The van der Waals surface area contributed by atoms with Crippen LogP contribution in [0, 0.1) is 6.92 Å². The van der Waals surface area contributed by atoms with Crippen LogP contribution in [0.15, 0.2) is 41.2 Å². The van der Waals surface area contributed by atoms with Crippen molar-refractivity contribution in [3.63, 3.8) is 0 Å². The van der Waals surface area contributed by atoms with E-state index >= 15 is 0 Å². The molecule has 0 aliphatic carbocycles. The summed E-state index contributed by atoms with van der Waals surface area (Å²) in [5.74, 6) is -0.296. The highest BCUT2D eigenvalue weighted by Gasteiger charge is 2.25. The molecule has 7 nitrogen and oxygen atoms in total. The van der Waals surface area contributed by atoms with E-state index in [1.807, 2.05) is 25.1 Å². The minimum Gasteiger partial charge on any atom is -0.349 e. The molecule has 0 bridgehead atoms. The molecule has 25 heavy (non-hydrogen) atoms. The van der Waals surface area contributed by atoms with Crippen molar-refractivity contribution in [1.29, 1.82) is 0 Å². The number of aromatic nitrogens is 2. The fraction of sp³-hybridized carbons (Fsp3) is 0.333. The minimum absolute atomic E-state index is 0.0422. The van der Waals surface area contributed by atoms with Gasteiger partial charge < -0.3 is 10.2 Å². The van der Waals surface area contributed by atoms with E-state index in [0.29, 0.717) is 31.5 Å². The average Bonchev–Trinajstić information content (AvgIpc) is 2.62. The summed E-state index contributed by atoms with van der Waals surface area (Å²) in [7, 11) is 0. The van der Waals surface area contributed by atoms with Gasteiger partial charge in [0.15, 0.2) is 0 Å². The Labute approximate surface area is 145 Å². The molecule has 0 atom stereocenters. The highest BCUT2D eigenvalue weighted by Crippen LogP contribution is 2.14. The molecule has 1 aliphatic rings. The lowest BCUT2D eigenvalue weighted by atomic mass is 10.0. The lowest BCUT2D eigenvalue weighted by Gasteiger charge is -2.32. The van der Waals surface area contributed by atoms with Crippen molar-refractivity contribution < 1.29 is 9.59 Å². The van der Waals surface area contributed by atoms with Crippen molar-refractivity contribution in [3.8, 4) is 0 Å². The van der Waals surface area contributed by atoms with Gasteiger partial charge in [-0.25, -0.2) is 5.10 Å². The minimum atomic E-state index is -0.339. The van der Waals surface area contributed by atoms with Crippen LogP contribution in [0.2, 0.25) is 0 Å². The van der Waals surface area contributed by atoms with E-state index in [1.54, 1.807) is 11.0 Å². The molecular weight excluding hydrogens is 320 g/mol. The molecule has 1 aromatic heterocycles. The monoisotopic (exact) mass is 340 g/mol. The van der Waals surface area contributed by atoms with Gasteiger partial charge >= 0.3 is 0 Å². The standard InChI is InChI=1S/C18H20N4O3/c1-12-3-2-4-13(11-12)17(24)19-14-7-9-22(10-8-14)18(25)15-5-6-16(23)21-20-15/h2-6,11,14H,7-10H2,1H3,(H,19,24)(H,21,23). The maximum Gasteiger partial charge on any atom is 0.274 e. The summed E-state index contributed by atoms with van der Waals surface area (Å²) in [6.07, 6.45) is 1.37. The summed E-state index contributed by atoms with van der Waals surface area (Å²) < 4.78 is 0. The van der Waals surface area contributed by atoms with E-state index < -0.39 is 0 Å². The first-order chi connectivity index (χ1) is 12.0. The molecule has 1 aromatic carbocycles. The number of benzene rings is 1. The van der Waals surface area contributed by atoms with Crippen molar-refractivity contribution in [2.45, 2.75) is 25.8 Å². The topological polar surface area (TPSA) is 95.2 Å². The highest BCUT2D eigenvalue weighted by atomic mass is 16.2. The Morgan fingerprint density at radius 1 is 1.20 bits per heavy atom. The molecule has 1 fully saturated rings. The number of aromatic amines is 1. The smallest absolute Gasteiger partial charge is 0.274 e. The van der Waals surface area contributed by atoms with Crippen LogP contribution in [-0.2, 0) is 0 Å². The summed E-state index contributed by atoms with van der Waals surface area (Å²) in [6, 6.07) is 10.2. The van der Waals surface area contributed by atoms with E-state index in [2.05, 4.69) is 15.5 Å². The lowest BCUT2D eigenvalue weighted by Crippen LogP contribution is -2.46. The summed E-state index contributed by atoms with van der Waals surface area (Å²) in [5, 5.41) is 9.07. The van der Waals surface area contributed by atoms with Crippen LogP contribution in [0.25, 0.3) is 0 Å². The van der Waals surface area contributed by atoms with Crippen LogP contribution >= 0.6 is 0 Å².